The Kier molecular flexibility index (Phi) is 1.14. The van der Waals surface area contributed by atoms with Crippen molar-refractivity contribution in [2.45, 2.75) is 4.90 Å². The Labute approximate surface area is 64.5 Å². The molecule has 49 valence electrons. The lowest BCUT2D eigenvalue weighted by molar-refractivity contribution is 1.42. The number of benzene rings is 1. The van der Waals surface area contributed by atoms with Crippen molar-refractivity contribution in [3.05, 3.63) is 30.5 Å². The zero-order valence-electron chi connectivity index (χ0n) is 5.29. The van der Waals surface area contributed by atoms with Crippen LogP contribution in [0.3, 0.4) is 0 Å². The van der Waals surface area contributed by atoms with Crippen LogP contribution in [0, 0.1) is 0 Å². The van der Waals surface area contributed by atoms with E-state index < -0.39 is 0 Å². The van der Waals surface area contributed by atoms with Crippen LogP contribution in [0.2, 0.25) is 0 Å². The molecule has 0 aliphatic carbocycles. The van der Waals surface area contributed by atoms with Crippen LogP contribution in [0.4, 0.5) is 0 Å². The Morgan fingerprint density at radius 3 is 2.80 bits per heavy atom. The molecule has 1 aromatic heterocycles. The van der Waals surface area contributed by atoms with Crippen LogP contribution in [-0.4, -0.2) is 4.98 Å². The Morgan fingerprint density at radius 2 is 2.00 bits per heavy atom. The highest BCUT2D eigenvalue weighted by atomic mass is 32.1. The SMILES string of the molecule is [S]c1c[nH]c2ccccc12. The van der Waals surface area contributed by atoms with Crippen LogP contribution in [0.5, 0.6) is 0 Å². The van der Waals surface area contributed by atoms with E-state index in [9.17, 15) is 0 Å². The number of aromatic amines is 1. The van der Waals surface area contributed by atoms with Crippen LogP contribution in [0.15, 0.2) is 35.4 Å². The first-order valence-corrected chi connectivity index (χ1v) is 3.52. The fourth-order valence-corrected chi connectivity index (χ4v) is 1.28. The highest BCUT2D eigenvalue weighted by molar-refractivity contribution is 7.80. The van der Waals surface area contributed by atoms with E-state index >= 15 is 0 Å². The molecule has 0 unspecified atom stereocenters. The van der Waals surface area contributed by atoms with Gasteiger partial charge in [-0.1, -0.05) is 30.8 Å². The second-order valence-electron chi connectivity index (χ2n) is 2.20. The highest BCUT2D eigenvalue weighted by Crippen LogP contribution is 2.19. The fourth-order valence-electron chi connectivity index (χ4n) is 1.04. The number of H-pyrrole nitrogens is 1. The van der Waals surface area contributed by atoms with Crippen molar-refractivity contribution in [1.29, 1.82) is 0 Å². The standard InChI is InChI=1S/C8H6NS/c10-8-5-9-7-4-2-1-3-6(7)8/h1-5,9H. The summed E-state index contributed by atoms with van der Waals surface area (Å²) in [5.41, 5.74) is 1.12. The molecule has 0 bridgehead atoms. The van der Waals surface area contributed by atoms with E-state index in [2.05, 4.69) is 4.98 Å². The fraction of sp³-hybridized carbons (Fsp3) is 0. The highest BCUT2D eigenvalue weighted by Gasteiger charge is 1.96. The van der Waals surface area contributed by atoms with E-state index in [1.807, 2.05) is 30.5 Å². The molecule has 10 heavy (non-hydrogen) atoms. The third-order valence-electron chi connectivity index (χ3n) is 1.55. The number of para-hydroxylation sites is 1. The topological polar surface area (TPSA) is 15.8 Å². The summed E-state index contributed by atoms with van der Waals surface area (Å²) in [5.74, 6) is 0. The van der Waals surface area contributed by atoms with Crippen molar-refractivity contribution < 1.29 is 0 Å². The summed E-state index contributed by atoms with van der Waals surface area (Å²) < 4.78 is 0. The first kappa shape index (κ1) is 5.74. The molecule has 1 nitrogen and oxygen atoms in total. The second-order valence-corrected chi connectivity index (χ2v) is 2.64. The molecular formula is C8H6NS. The number of rotatable bonds is 0. The van der Waals surface area contributed by atoms with E-state index in [0.29, 0.717) is 0 Å². The molecule has 1 radical (unpaired) electrons. The maximum Gasteiger partial charge on any atom is 0.0630 e. The largest absolute Gasteiger partial charge is 0.360 e. The molecular weight excluding hydrogens is 142 g/mol. The van der Waals surface area contributed by atoms with Crippen LogP contribution in [-0.2, 0) is 0 Å². The van der Waals surface area contributed by atoms with Crippen molar-refractivity contribution in [3.8, 4) is 0 Å². The van der Waals surface area contributed by atoms with Crippen molar-refractivity contribution in [2.24, 2.45) is 0 Å². The molecule has 0 aliphatic rings. The van der Waals surface area contributed by atoms with Gasteiger partial charge in [0, 0.05) is 17.1 Å². The van der Waals surface area contributed by atoms with E-state index in [1.54, 1.807) is 0 Å². The predicted molar refractivity (Wildman–Crippen MR) is 44.2 cm³/mol. The summed E-state index contributed by atoms with van der Waals surface area (Å²) >= 11 is 5.06. The van der Waals surface area contributed by atoms with Crippen LogP contribution in [0.25, 0.3) is 10.9 Å². The Balaban J connectivity index is 2.93. The first-order valence-electron chi connectivity index (χ1n) is 3.11. The van der Waals surface area contributed by atoms with Gasteiger partial charge in [0.2, 0.25) is 0 Å². The summed E-state index contributed by atoms with van der Waals surface area (Å²) in [4.78, 5) is 3.98. The summed E-state index contributed by atoms with van der Waals surface area (Å²) in [5, 5.41) is 1.14. The molecule has 1 heterocycles. The Hall–Kier alpha value is -1.02. The molecule has 0 saturated heterocycles. The van der Waals surface area contributed by atoms with Crippen molar-refractivity contribution in [2.75, 3.05) is 0 Å². The molecule has 0 aliphatic heterocycles. The Morgan fingerprint density at radius 1 is 1.20 bits per heavy atom. The van der Waals surface area contributed by atoms with Crippen molar-refractivity contribution in [1.82, 2.24) is 4.98 Å². The van der Waals surface area contributed by atoms with Crippen LogP contribution >= 0.6 is 12.6 Å². The molecule has 0 atom stereocenters. The zero-order chi connectivity index (χ0) is 6.97. The second kappa shape index (κ2) is 1.99. The van der Waals surface area contributed by atoms with Crippen molar-refractivity contribution >= 4 is 23.5 Å². The van der Waals surface area contributed by atoms with Crippen LogP contribution in [0.1, 0.15) is 0 Å². The molecule has 2 aromatic rings. The summed E-state index contributed by atoms with van der Waals surface area (Å²) in [6.45, 7) is 0. The first-order chi connectivity index (χ1) is 4.88. The van der Waals surface area contributed by atoms with Crippen molar-refractivity contribution in [3.63, 3.8) is 0 Å². The summed E-state index contributed by atoms with van der Waals surface area (Å²) in [6, 6.07) is 8.03. The summed E-state index contributed by atoms with van der Waals surface area (Å²) in [6.07, 6.45) is 1.85. The lowest BCUT2D eigenvalue weighted by Crippen LogP contribution is -1.63. The van der Waals surface area contributed by atoms with Crippen LogP contribution < -0.4 is 0 Å². The molecule has 0 spiro atoms. The molecule has 1 aromatic carbocycles. The van der Waals surface area contributed by atoms with E-state index in [-0.39, 0.29) is 0 Å². The van der Waals surface area contributed by atoms with Gasteiger partial charge in [0.1, 0.15) is 0 Å². The third kappa shape index (κ3) is 0.693. The van der Waals surface area contributed by atoms with E-state index in [0.717, 1.165) is 15.8 Å². The molecule has 0 saturated carbocycles. The predicted octanol–water partition coefficient (Wildman–Crippen LogP) is 2.72. The smallest absolute Gasteiger partial charge is 0.0630 e. The van der Waals surface area contributed by atoms with Gasteiger partial charge in [-0.2, -0.15) is 0 Å². The number of nitrogens with one attached hydrogen (secondary N) is 1. The minimum atomic E-state index is 0.899. The minimum Gasteiger partial charge on any atom is -0.360 e. The lowest BCUT2D eigenvalue weighted by atomic mass is 10.2. The van der Waals surface area contributed by atoms with Gasteiger partial charge in [-0.25, -0.2) is 0 Å². The Bertz CT molecular complexity index is 351. The lowest BCUT2D eigenvalue weighted by Gasteiger charge is -1.85. The average Bonchev–Trinajstić information content (AvgIpc) is 2.34. The molecule has 0 fully saturated rings. The zero-order valence-corrected chi connectivity index (χ0v) is 6.11. The summed E-state index contributed by atoms with van der Waals surface area (Å²) in [7, 11) is 0. The molecule has 2 heteroatoms. The maximum atomic E-state index is 5.06. The third-order valence-corrected chi connectivity index (χ3v) is 1.89. The van der Waals surface area contributed by atoms with Gasteiger partial charge in [0.25, 0.3) is 0 Å². The van der Waals surface area contributed by atoms with Gasteiger partial charge in [-0.15, -0.1) is 0 Å². The monoisotopic (exact) mass is 148 g/mol. The molecule has 2 rings (SSSR count). The number of hydrogen-bond donors (Lipinski definition) is 1. The average molecular weight is 148 g/mol. The van der Waals surface area contributed by atoms with Gasteiger partial charge in [0.05, 0.1) is 4.90 Å². The number of aromatic nitrogens is 1. The quantitative estimate of drug-likeness (QED) is 0.591. The minimum absolute atomic E-state index is 0.899. The van der Waals surface area contributed by atoms with E-state index in [4.69, 9.17) is 12.6 Å². The number of fused-ring (bicyclic) bond motifs is 1. The van der Waals surface area contributed by atoms with Gasteiger partial charge >= 0.3 is 0 Å². The normalized spacial score (nSPS) is 10.4. The number of hydrogen-bond acceptors (Lipinski definition) is 0. The van der Waals surface area contributed by atoms with Gasteiger partial charge < -0.3 is 4.98 Å². The molecule has 1 N–H and O–H groups in total. The maximum absolute atomic E-state index is 5.06. The molecule has 0 amide bonds. The van der Waals surface area contributed by atoms with Gasteiger partial charge in [-0.3, -0.25) is 0 Å². The van der Waals surface area contributed by atoms with E-state index in [1.165, 1.54) is 0 Å². The van der Waals surface area contributed by atoms with Gasteiger partial charge in [-0.05, 0) is 6.07 Å². The van der Waals surface area contributed by atoms with Gasteiger partial charge in [0.15, 0.2) is 0 Å².